The first-order valence-corrected chi connectivity index (χ1v) is 10.6. The summed E-state index contributed by atoms with van der Waals surface area (Å²) in [6.45, 7) is 9.97. The van der Waals surface area contributed by atoms with Gasteiger partial charge in [0, 0.05) is 28.4 Å². The molecule has 0 spiro atoms. The van der Waals surface area contributed by atoms with Crippen LogP contribution in [-0.4, -0.2) is 18.4 Å². The lowest BCUT2D eigenvalue weighted by Gasteiger charge is -2.09. The van der Waals surface area contributed by atoms with Gasteiger partial charge in [-0.3, -0.25) is 0 Å². The minimum absolute atomic E-state index is 0.501. The topological polar surface area (TPSA) is 44.5 Å². The van der Waals surface area contributed by atoms with Gasteiger partial charge in [0.2, 0.25) is 0 Å². The van der Waals surface area contributed by atoms with Crippen molar-refractivity contribution < 1.29 is 14.0 Å². The molecule has 4 nitrogen and oxygen atoms in total. The lowest BCUT2D eigenvalue weighted by atomic mass is 10.1. The van der Waals surface area contributed by atoms with Crippen molar-refractivity contribution in [1.29, 1.82) is 0 Å². The molecule has 0 unspecified atom stereocenters. The molecule has 0 N–H and O–H groups in total. The molecule has 1 heterocycles. The van der Waals surface area contributed by atoms with Gasteiger partial charge in [0.25, 0.3) is 0 Å². The Labute approximate surface area is 171 Å². The molecule has 0 aliphatic heterocycles. The highest BCUT2D eigenvalue weighted by atomic mass is 32.2. The summed E-state index contributed by atoms with van der Waals surface area (Å²) in [4.78, 5) is 1.18. The average Bonchev–Trinajstić information content (AvgIpc) is 3.10. The van der Waals surface area contributed by atoms with E-state index in [2.05, 4.69) is 55.4 Å². The summed E-state index contributed by atoms with van der Waals surface area (Å²) in [6, 6.07) is 14.6. The lowest BCUT2D eigenvalue weighted by Crippen LogP contribution is -1.97. The monoisotopic (exact) mass is 397 g/mol. The summed E-state index contributed by atoms with van der Waals surface area (Å²) in [5.41, 5.74) is 5.35. The van der Waals surface area contributed by atoms with Gasteiger partial charge in [-0.05, 0) is 51.5 Å². The van der Waals surface area contributed by atoms with Gasteiger partial charge < -0.3 is 14.0 Å². The molecule has 0 aliphatic rings. The van der Waals surface area contributed by atoms with Crippen molar-refractivity contribution in [3.63, 3.8) is 0 Å². The second-order valence-electron chi connectivity index (χ2n) is 6.59. The van der Waals surface area contributed by atoms with Crippen LogP contribution >= 0.6 is 11.8 Å². The molecule has 0 saturated heterocycles. The van der Waals surface area contributed by atoms with E-state index in [0.717, 1.165) is 39.6 Å². The number of aromatic nitrogens is 1. The number of ether oxygens (including phenoxy) is 2. The Morgan fingerprint density at radius 2 is 1.79 bits per heavy atom. The highest BCUT2D eigenvalue weighted by Gasteiger charge is 2.18. The van der Waals surface area contributed by atoms with E-state index in [9.17, 15) is 0 Å². The predicted octanol–water partition coefficient (Wildman–Crippen LogP) is 6.19. The quantitative estimate of drug-likeness (QED) is 0.403. The second-order valence-corrected chi connectivity index (χ2v) is 7.64. The summed E-state index contributed by atoms with van der Waals surface area (Å²) in [5, 5.41) is 4.35. The number of nitrogens with zero attached hydrogens (tertiary/aromatic N) is 1. The Bertz CT molecular complexity index is 903. The summed E-state index contributed by atoms with van der Waals surface area (Å²) >= 11 is 1.74. The van der Waals surface area contributed by atoms with Crippen LogP contribution in [0.25, 0.3) is 11.3 Å². The summed E-state index contributed by atoms with van der Waals surface area (Å²) in [5.74, 6) is 2.46. The number of thioether (sulfide) groups is 1. The zero-order valence-corrected chi connectivity index (χ0v) is 17.8. The fourth-order valence-corrected chi connectivity index (χ4v) is 3.88. The molecule has 1 aromatic heterocycles. The fraction of sp³-hybridized carbons (Fsp3) is 0.348. The van der Waals surface area contributed by atoms with Gasteiger partial charge in [0.1, 0.15) is 5.75 Å². The van der Waals surface area contributed by atoms with Crippen LogP contribution in [0.15, 0.2) is 51.9 Å². The van der Waals surface area contributed by atoms with Gasteiger partial charge in [-0.15, -0.1) is 11.8 Å². The standard InChI is InChI=1S/C23H27NO3S/c1-5-25-14-20-21(24-27-23(20)18-9-7-16(3)8-10-18)15-28-19-11-12-22(26-6-2)17(4)13-19/h7-13H,5-6,14-15H2,1-4H3. The second kappa shape index (κ2) is 9.80. The van der Waals surface area contributed by atoms with Gasteiger partial charge in [-0.1, -0.05) is 35.0 Å². The van der Waals surface area contributed by atoms with Crippen LogP contribution in [0.4, 0.5) is 0 Å². The third-order valence-corrected chi connectivity index (χ3v) is 5.46. The van der Waals surface area contributed by atoms with Crippen LogP contribution in [0.1, 0.15) is 36.2 Å². The van der Waals surface area contributed by atoms with Crippen LogP contribution in [0.2, 0.25) is 0 Å². The van der Waals surface area contributed by atoms with Crippen molar-refractivity contribution in [2.75, 3.05) is 13.2 Å². The smallest absolute Gasteiger partial charge is 0.172 e. The minimum atomic E-state index is 0.501. The van der Waals surface area contributed by atoms with E-state index in [4.69, 9.17) is 14.0 Å². The first-order chi connectivity index (χ1) is 13.6. The molecule has 3 aromatic rings. The van der Waals surface area contributed by atoms with Crippen molar-refractivity contribution in [2.45, 2.75) is 45.0 Å². The molecular formula is C23H27NO3S. The maximum Gasteiger partial charge on any atom is 0.172 e. The average molecular weight is 398 g/mol. The van der Waals surface area contributed by atoms with Gasteiger partial charge in [-0.2, -0.15) is 0 Å². The highest BCUT2D eigenvalue weighted by Crippen LogP contribution is 2.32. The van der Waals surface area contributed by atoms with Crippen LogP contribution in [0.5, 0.6) is 5.75 Å². The Morgan fingerprint density at radius 3 is 2.46 bits per heavy atom. The summed E-state index contributed by atoms with van der Waals surface area (Å²) in [7, 11) is 0. The normalized spacial score (nSPS) is 11.0. The number of hydrogen-bond acceptors (Lipinski definition) is 5. The van der Waals surface area contributed by atoms with Crippen molar-refractivity contribution in [3.05, 3.63) is 64.8 Å². The van der Waals surface area contributed by atoms with E-state index in [0.29, 0.717) is 19.8 Å². The third-order valence-electron chi connectivity index (χ3n) is 4.46. The maximum absolute atomic E-state index is 5.72. The lowest BCUT2D eigenvalue weighted by molar-refractivity contribution is 0.133. The number of benzene rings is 2. The molecule has 0 saturated carbocycles. The van der Waals surface area contributed by atoms with E-state index in [1.807, 2.05) is 19.9 Å². The Kier molecular flexibility index (Phi) is 7.18. The Hall–Kier alpha value is -2.24. The van der Waals surface area contributed by atoms with E-state index in [1.54, 1.807) is 11.8 Å². The summed E-state index contributed by atoms with van der Waals surface area (Å²) < 4.78 is 17.0. The largest absolute Gasteiger partial charge is 0.494 e. The van der Waals surface area contributed by atoms with Gasteiger partial charge in [0.15, 0.2) is 5.76 Å². The summed E-state index contributed by atoms with van der Waals surface area (Å²) in [6.07, 6.45) is 0. The van der Waals surface area contributed by atoms with Crippen LogP contribution in [0, 0.1) is 13.8 Å². The molecule has 0 aliphatic carbocycles. The molecular weight excluding hydrogens is 370 g/mol. The third kappa shape index (κ3) is 4.97. The van der Waals surface area contributed by atoms with Gasteiger partial charge in [-0.25, -0.2) is 0 Å². The number of rotatable bonds is 9. The van der Waals surface area contributed by atoms with E-state index >= 15 is 0 Å². The van der Waals surface area contributed by atoms with Crippen molar-refractivity contribution >= 4 is 11.8 Å². The van der Waals surface area contributed by atoms with Crippen molar-refractivity contribution in [1.82, 2.24) is 5.16 Å². The van der Waals surface area contributed by atoms with E-state index in [-0.39, 0.29) is 0 Å². The Morgan fingerprint density at radius 1 is 1.00 bits per heavy atom. The first kappa shape index (κ1) is 20.5. The molecule has 0 fully saturated rings. The number of aryl methyl sites for hydroxylation is 2. The Balaban J connectivity index is 1.79. The van der Waals surface area contributed by atoms with Crippen molar-refractivity contribution in [3.8, 4) is 17.1 Å². The molecule has 28 heavy (non-hydrogen) atoms. The zero-order chi connectivity index (χ0) is 19.9. The van der Waals surface area contributed by atoms with Gasteiger partial charge in [0.05, 0.1) is 18.9 Å². The zero-order valence-electron chi connectivity index (χ0n) is 17.0. The first-order valence-electron chi connectivity index (χ1n) is 9.60. The van der Waals surface area contributed by atoms with Crippen LogP contribution in [-0.2, 0) is 17.1 Å². The predicted molar refractivity (Wildman–Crippen MR) is 114 cm³/mol. The van der Waals surface area contributed by atoms with E-state index in [1.165, 1.54) is 10.5 Å². The molecule has 0 atom stereocenters. The maximum atomic E-state index is 5.72. The molecule has 2 aromatic carbocycles. The molecule has 148 valence electrons. The highest BCUT2D eigenvalue weighted by molar-refractivity contribution is 7.98. The van der Waals surface area contributed by atoms with Crippen LogP contribution < -0.4 is 4.74 Å². The number of hydrogen-bond donors (Lipinski definition) is 0. The van der Waals surface area contributed by atoms with Crippen molar-refractivity contribution in [2.24, 2.45) is 0 Å². The van der Waals surface area contributed by atoms with Gasteiger partial charge >= 0.3 is 0 Å². The molecule has 5 heteroatoms. The van der Waals surface area contributed by atoms with Crippen LogP contribution in [0.3, 0.4) is 0 Å². The molecule has 0 bridgehead atoms. The molecule has 0 radical (unpaired) electrons. The molecule has 0 amide bonds. The fourth-order valence-electron chi connectivity index (χ4n) is 2.92. The minimum Gasteiger partial charge on any atom is -0.494 e. The molecule has 3 rings (SSSR count). The van der Waals surface area contributed by atoms with E-state index < -0.39 is 0 Å². The SMILES string of the molecule is CCOCc1c(CSc2ccc(OCC)c(C)c2)noc1-c1ccc(C)cc1.